The van der Waals surface area contributed by atoms with Crippen LogP contribution in [0, 0.1) is 5.92 Å². The Morgan fingerprint density at radius 2 is 2.19 bits per heavy atom. The quantitative estimate of drug-likeness (QED) is 0.897. The molecular weight excluding hydrogens is 309 g/mol. The molecule has 1 aromatic rings. The Labute approximate surface area is 135 Å². The van der Waals surface area contributed by atoms with E-state index in [1.165, 1.54) is 0 Å². The van der Waals surface area contributed by atoms with Gasteiger partial charge in [0.15, 0.2) is 0 Å². The molecule has 1 atom stereocenters. The van der Waals surface area contributed by atoms with Crippen LogP contribution in [0.5, 0.6) is 0 Å². The molecule has 1 unspecified atom stereocenters. The summed E-state index contributed by atoms with van der Waals surface area (Å²) in [5.41, 5.74) is 0.957. The van der Waals surface area contributed by atoms with Crippen LogP contribution in [0.2, 0.25) is 10.0 Å². The van der Waals surface area contributed by atoms with Crippen LogP contribution in [0.1, 0.15) is 31.2 Å². The van der Waals surface area contributed by atoms with Crippen molar-refractivity contribution in [1.29, 1.82) is 0 Å². The van der Waals surface area contributed by atoms with E-state index in [0.29, 0.717) is 28.8 Å². The van der Waals surface area contributed by atoms with Gasteiger partial charge in [-0.25, -0.2) is 0 Å². The molecule has 5 heteroatoms. The van der Waals surface area contributed by atoms with E-state index >= 15 is 0 Å². The van der Waals surface area contributed by atoms with Crippen LogP contribution in [0.4, 0.5) is 0 Å². The smallest absolute Gasteiger partial charge is 0.222 e. The molecule has 0 aliphatic carbocycles. The number of piperidine rings is 1. The number of nitrogens with zero attached hydrogens (tertiary/aromatic N) is 1. The Morgan fingerprint density at radius 3 is 2.90 bits per heavy atom. The van der Waals surface area contributed by atoms with E-state index in [9.17, 15) is 4.79 Å². The summed E-state index contributed by atoms with van der Waals surface area (Å²) in [5, 5.41) is 10.2. The molecular formula is C16H21Cl2NO2. The SMILES string of the molecule is O=C(CCc1ccc(Cl)cc1Cl)N1CCCC(CCO)C1. The lowest BCUT2D eigenvalue weighted by atomic mass is 9.95. The fraction of sp³-hybridized carbons (Fsp3) is 0.562. The number of aliphatic hydroxyl groups excluding tert-OH is 1. The molecule has 1 amide bonds. The average Bonchev–Trinajstić information content (AvgIpc) is 2.47. The minimum absolute atomic E-state index is 0.170. The van der Waals surface area contributed by atoms with E-state index in [1.807, 2.05) is 11.0 Å². The first kappa shape index (κ1) is 16.6. The number of carbonyl (C=O) groups is 1. The summed E-state index contributed by atoms with van der Waals surface area (Å²) in [4.78, 5) is 14.2. The summed E-state index contributed by atoms with van der Waals surface area (Å²) in [6.45, 7) is 1.80. The number of benzene rings is 1. The fourth-order valence-corrected chi connectivity index (χ4v) is 3.34. The third kappa shape index (κ3) is 4.87. The molecule has 0 aromatic heterocycles. The number of rotatable bonds is 5. The van der Waals surface area contributed by atoms with Gasteiger partial charge in [0.2, 0.25) is 5.91 Å². The molecule has 3 nitrogen and oxygen atoms in total. The lowest BCUT2D eigenvalue weighted by molar-refractivity contribution is -0.133. The highest BCUT2D eigenvalue weighted by Crippen LogP contribution is 2.23. The fourth-order valence-electron chi connectivity index (χ4n) is 2.83. The largest absolute Gasteiger partial charge is 0.396 e. The molecule has 21 heavy (non-hydrogen) atoms. The van der Waals surface area contributed by atoms with Crippen LogP contribution in [-0.2, 0) is 11.2 Å². The molecule has 1 heterocycles. The summed E-state index contributed by atoms with van der Waals surface area (Å²) in [7, 11) is 0. The van der Waals surface area contributed by atoms with Gasteiger partial charge in [0.1, 0.15) is 0 Å². The highest BCUT2D eigenvalue weighted by Gasteiger charge is 2.23. The zero-order valence-electron chi connectivity index (χ0n) is 12.0. The summed E-state index contributed by atoms with van der Waals surface area (Å²) in [5.74, 6) is 0.607. The highest BCUT2D eigenvalue weighted by molar-refractivity contribution is 6.35. The van der Waals surface area contributed by atoms with Crippen molar-refractivity contribution in [2.75, 3.05) is 19.7 Å². The Hall–Kier alpha value is -0.770. The van der Waals surface area contributed by atoms with Crippen molar-refractivity contribution in [2.45, 2.75) is 32.1 Å². The van der Waals surface area contributed by atoms with Crippen molar-refractivity contribution in [3.05, 3.63) is 33.8 Å². The predicted molar refractivity (Wildman–Crippen MR) is 85.8 cm³/mol. The van der Waals surface area contributed by atoms with Gasteiger partial charge in [-0.3, -0.25) is 4.79 Å². The van der Waals surface area contributed by atoms with Crippen molar-refractivity contribution >= 4 is 29.1 Å². The van der Waals surface area contributed by atoms with E-state index < -0.39 is 0 Å². The molecule has 116 valence electrons. The Balaban J connectivity index is 1.86. The summed E-state index contributed by atoms with van der Waals surface area (Å²) >= 11 is 12.0. The number of aliphatic hydroxyl groups is 1. The Kier molecular flexibility index (Phi) is 6.34. The van der Waals surface area contributed by atoms with Crippen molar-refractivity contribution in [3.63, 3.8) is 0 Å². The second kappa shape index (κ2) is 8.02. The summed E-state index contributed by atoms with van der Waals surface area (Å²) in [6.07, 6.45) is 4.02. The van der Waals surface area contributed by atoms with Gasteiger partial charge in [-0.15, -0.1) is 0 Å². The lowest BCUT2D eigenvalue weighted by Crippen LogP contribution is -2.40. The van der Waals surface area contributed by atoms with Crippen LogP contribution in [0.25, 0.3) is 0 Å². The van der Waals surface area contributed by atoms with Gasteiger partial charge >= 0.3 is 0 Å². The van der Waals surface area contributed by atoms with E-state index in [-0.39, 0.29) is 12.5 Å². The van der Waals surface area contributed by atoms with E-state index in [2.05, 4.69) is 0 Å². The van der Waals surface area contributed by atoms with E-state index in [1.54, 1.807) is 12.1 Å². The van der Waals surface area contributed by atoms with Gasteiger partial charge in [0.25, 0.3) is 0 Å². The van der Waals surface area contributed by atoms with Crippen LogP contribution >= 0.6 is 23.2 Å². The number of likely N-dealkylation sites (tertiary alicyclic amines) is 1. The average molecular weight is 330 g/mol. The Morgan fingerprint density at radius 1 is 1.38 bits per heavy atom. The van der Waals surface area contributed by atoms with Gasteiger partial charge in [-0.05, 0) is 49.3 Å². The molecule has 0 radical (unpaired) electrons. The molecule has 1 saturated heterocycles. The highest BCUT2D eigenvalue weighted by atomic mass is 35.5. The van der Waals surface area contributed by atoms with Crippen LogP contribution < -0.4 is 0 Å². The molecule has 1 N–H and O–H groups in total. The number of hydrogen-bond donors (Lipinski definition) is 1. The minimum Gasteiger partial charge on any atom is -0.396 e. The molecule has 0 saturated carbocycles. The van der Waals surface area contributed by atoms with Crippen molar-refractivity contribution in [2.24, 2.45) is 5.92 Å². The van der Waals surface area contributed by atoms with E-state index in [4.69, 9.17) is 28.3 Å². The zero-order chi connectivity index (χ0) is 15.2. The molecule has 2 rings (SSSR count). The maximum atomic E-state index is 12.3. The lowest BCUT2D eigenvalue weighted by Gasteiger charge is -2.32. The summed E-state index contributed by atoms with van der Waals surface area (Å²) in [6, 6.07) is 5.38. The van der Waals surface area contributed by atoms with Gasteiger partial charge in [0.05, 0.1) is 0 Å². The first-order chi connectivity index (χ1) is 10.1. The number of halogens is 2. The molecule has 1 aliphatic heterocycles. The number of amides is 1. The molecule has 0 spiro atoms. The maximum absolute atomic E-state index is 12.3. The van der Waals surface area contributed by atoms with Crippen LogP contribution in [-0.4, -0.2) is 35.6 Å². The molecule has 1 aromatic carbocycles. The monoisotopic (exact) mass is 329 g/mol. The normalized spacial score (nSPS) is 18.8. The van der Waals surface area contributed by atoms with Crippen molar-refractivity contribution in [3.8, 4) is 0 Å². The first-order valence-electron chi connectivity index (χ1n) is 7.42. The number of aryl methyl sites for hydroxylation is 1. The number of carbonyl (C=O) groups excluding carboxylic acids is 1. The topological polar surface area (TPSA) is 40.5 Å². The van der Waals surface area contributed by atoms with Crippen molar-refractivity contribution in [1.82, 2.24) is 4.90 Å². The van der Waals surface area contributed by atoms with E-state index in [0.717, 1.165) is 37.9 Å². The summed E-state index contributed by atoms with van der Waals surface area (Å²) < 4.78 is 0. The third-order valence-electron chi connectivity index (χ3n) is 4.03. The minimum atomic E-state index is 0.170. The standard InChI is InChI=1S/C16H21Cl2NO2/c17-14-5-3-13(15(18)10-14)4-6-16(21)19-8-1-2-12(11-19)7-9-20/h3,5,10,12,20H,1-2,4,6-9,11H2. The van der Waals surface area contributed by atoms with Crippen LogP contribution in [0.15, 0.2) is 18.2 Å². The van der Waals surface area contributed by atoms with Gasteiger partial charge < -0.3 is 10.0 Å². The van der Waals surface area contributed by atoms with Gasteiger partial charge in [-0.1, -0.05) is 29.3 Å². The maximum Gasteiger partial charge on any atom is 0.222 e. The predicted octanol–water partition coefficient (Wildman–Crippen LogP) is 3.55. The van der Waals surface area contributed by atoms with Crippen LogP contribution in [0.3, 0.4) is 0 Å². The molecule has 1 fully saturated rings. The first-order valence-corrected chi connectivity index (χ1v) is 8.18. The zero-order valence-corrected chi connectivity index (χ0v) is 13.5. The molecule has 1 aliphatic rings. The van der Waals surface area contributed by atoms with Gasteiger partial charge in [-0.2, -0.15) is 0 Å². The third-order valence-corrected chi connectivity index (χ3v) is 4.62. The second-order valence-corrected chi connectivity index (χ2v) is 6.44. The van der Waals surface area contributed by atoms with Crippen molar-refractivity contribution < 1.29 is 9.90 Å². The Bertz CT molecular complexity index is 491. The molecule has 0 bridgehead atoms. The second-order valence-electron chi connectivity index (χ2n) is 5.60. The number of hydrogen-bond acceptors (Lipinski definition) is 2. The van der Waals surface area contributed by atoms with Gasteiger partial charge in [0, 0.05) is 36.2 Å².